The van der Waals surface area contributed by atoms with Crippen molar-refractivity contribution in [2.45, 2.75) is 33.7 Å². The maximum absolute atomic E-state index is 5.89. The van der Waals surface area contributed by atoms with Gasteiger partial charge in [-0.05, 0) is 26.3 Å². The lowest BCUT2D eigenvalue weighted by Gasteiger charge is -2.11. The van der Waals surface area contributed by atoms with Gasteiger partial charge in [0.25, 0.3) is 0 Å². The lowest BCUT2D eigenvalue weighted by molar-refractivity contribution is 0.318. The molecule has 20 heavy (non-hydrogen) atoms. The molecular formula is C15H21N3O2. The number of nitrogens with two attached hydrogens (primary N) is 1. The molecular weight excluding hydrogens is 254 g/mol. The van der Waals surface area contributed by atoms with Gasteiger partial charge in [0.15, 0.2) is 0 Å². The van der Waals surface area contributed by atoms with Gasteiger partial charge in [-0.25, -0.2) is 0 Å². The number of nitrogen functional groups attached to an aromatic ring is 1. The van der Waals surface area contributed by atoms with Crippen LogP contribution < -0.4 is 15.8 Å². The van der Waals surface area contributed by atoms with Crippen molar-refractivity contribution in [3.8, 4) is 5.75 Å². The molecule has 2 aromatic rings. The van der Waals surface area contributed by atoms with Crippen molar-refractivity contribution in [3.05, 3.63) is 35.2 Å². The van der Waals surface area contributed by atoms with E-state index in [0.717, 1.165) is 34.9 Å². The lowest BCUT2D eigenvalue weighted by Crippen LogP contribution is -2.03. The molecule has 0 amide bonds. The van der Waals surface area contributed by atoms with E-state index in [1.54, 1.807) is 0 Å². The predicted octanol–water partition coefficient (Wildman–Crippen LogP) is 3.27. The molecule has 5 heteroatoms. The van der Waals surface area contributed by atoms with Crippen LogP contribution in [0.2, 0.25) is 0 Å². The van der Waals surface area contributed by atoms with Gasteiger partial charge in [-0.1, -0.05) is 12.1 Å². The fourth-order valence-corrected chi connectivity index (χ4v) is 1.97. The molecule has 1 heterocycles. The van der Waals surface area contributed by atoms with Gasteiger partial charge in [0.2, 0.25) is 0 Å². The summed E-state index contributed by atoms with van der Waals surface area (Å²) in [5.41, 5.74) is 9.47. The van der Waals surface area contributed by atoms with Gasteiger partial charge in [0.1, 0.15) is 11.5 Å². The fraction of sp³-hybridized carbons (Fsp3) is 0.400. The number of aryl methyl sites for hydroxylation is 2. The normalized spacial score (nSPS) is 10.6. The molecule has 108 valence electrons. The second-order valence-corrected chi connectivity index (χ2v) is 4.80. The van der Waals surface area contributed by atoms with E-state index in [-0.39, 0.29) is 0 Å². The smallest absolute Gasteiger partial charge is 0.138 e. The number of rotatable bonds is 6. The molecule has 0 aliphatic rings. The topological polar surface area (TPSA) is 73.3 Å². The summed E-state index contributed by atoms with van der Waals surface area (Å²) in [5, 5.41) is 7.27. The summed E-state index contributed by atoms with van der Waals surface area (Å²) in [5.74, 6) is 1.62. The first kappa shape index (κ1) is 14.2. The van der Waals surface area contributed by atoms with Crippen molar-refractivity contribution in [2.24, 2.45) is 0 Å². The molecule has 0 aliphatic carbocycles. The van der Waals surface area contributed by atoms with Crippen molar-refractivity contribution in [1.82, 2.24) is 5.16 Å². The standard InChI is InChI=1S/C15H21N3O2/c1-4-5-19-14-7-12(16)6-13(8-14)17-9-15-10(2)18-20-11(15)3/h6-8,17H,4-5,9,16H2,1-3H3. The number of anilines is 2. The molecule has 0 atom stereocenters. The SMILES string of the molecule is CCCOc1cc(N)cc(NCc2c(C)noc2C)c1. The second-order valence-electron chi connectivity index (χ2n) is 4.80. The van der Waals surface area contributed by atoms with Crippen LogP contribution in [-0.4, -0.2) is 11.8 Å². The van der Waals surface area contributed by atoms with Crippen LogP contribution in [0, 0.1) is 13.8 Å². The Kier molecular flexibility index (Phi) is 4.50. The Morgan fingerprint density at radius 2 is 2.10 bits per heavy atom. The van der Waals surface area contributed by atoms with E-state index < -0.39 is 0 Å². The third-order valence-electron chi connectivity index (χ3n) is 3.05. The zero-order chi connectivity index (χ0) is 14.5. The van der Waals surface area contributed by atoms with E-state index in [1.807, 2.05) is 32.0 Å². The summed E-state index contributed by atoms with van der Waals surface area (Å²) in [6.45, 7) is 7.25. The summed E-state index contributed by atoms with van der Waals surface area (Å²) in [7, 11) is 0. The van der Waals surface area contributed by atoms with Crippen LogP contribution >= 0.6 is 0 Å². The Labute approximate surface area is 119 Å². The summed E-state index contributed by atoms with van der Waals surface area (Å²) in [4.78, 5) is 0. The third kappa shape index (κ3) is 3.44. The van der Waals surface area contributed by atoms with E-state index in [1.165, 1.54) is 0 Å². The fourth-order valence-electron chi connectivity index (χ4n) is 1.97. The van der Waals surface area contributed by atoms with Crippen molar-refractivity contribution >= 4 is 11.4 Å². The van der Waals surface area contributed by atoms with Gasteiger partial charge in [-0.2, -0.15) is 0 Å². The molecule has 0 saturated carbocycles. The minimum Gasteiger partial charge on any atom is -0.493 e. The minimum absolute atomic E-state index is 0.651. The summed E-state index contributed by atoms with van der Waals surface area (Å²) in [6, 6.07) is 5.66. The number of benzene rings is 1. The van der Waals surface area contributed by atoms with Gasteiger partial charge in [0, 0.05) is 35.6 Å². The highest BCUT2D eigenvalue weighted by Crippen LogP contribution is 2.24. The Morgan fingerprint density at radius 3 is 2.75 bits per heavy atom. The summed E-state index contributed by atoms with van der Waals surface area (Å²) in [6.07, 6.45) is 0.969. The van der Waals surface area contributed by atoms with Crippen LogP contribution in [0.15, 0.2) is 22.7 Å². The monoisotopic (exact) mass is 275 g/mol. The van der Waals surface area contributed by atoms with E-state index in [4.69, 9.17) is 15.0 Å². The maximum atomic E-state index is 5.89. The van der Waals surface area contributed by atoms with Gasteiger partial charge in [-0.3, -0.25) is 0 Å². The number of hydrogen-bond acceptors (Lipinski definition) is 5. The first-order chi connectivity index (χ1) is 9.60. The number of nitrogens with one attached hydrogen (secondary N) is 1. The van der Waals surface area contributed by atoms with Gasteiger partial charge >= 0.3 is 0 Å². The second kappa shape index (κ2) is 6.32. The summed E-state index contributed by atoms with van der Waals surface area (Å²) < 4.78 is 10.8. The Morgan fingerprint density at radius 1 is 1.30 bits per heavy atom. The molecule has 0 unspecified atom stereocenters. The van der Waals surface area contributed by atoms with Crippen LogP contribution in [0.5, 0.6) is 5.75 Å². The number of ether oxygens (including phenoxy) is 1. The molecule has 0 saturated heterocycles. The Bertz CT molecular complexity index is 559. The highest BCUT2D eigenvalue weighted by molar-refractivity contribution is 5.59. The first-order valence-corrected chi connectivity index (χ1v) is 6.79. The van der Waals surface area contributed by atoms with Crippen LogP contribution in [0.1, 0.15) is 30.4 Å². The molecule has 0 bridgehead atoms. The number of hydrogen-bond donors (Lipinski definition) is 2. The largest absolute Gasteiger partial charge is 0.493 e. The molecule has 0 radical (unpaired) electrons. The maximum Gasteiger partial charge on any atom is 0.138 e. The molecule has 0 spiro atoms. The molecule has 0 aliphatic heterocycles. The highest BCUT2D eigenvalue weighted by atomic mass is 16.5. The van der Waals surface area contributed by atoms with Gasteiger partial charge < -0.3 is 20.3 Å². The molecule has 5 nitrogen and oxygen atoms in total. The number of nitrogens with zero attached hydrogens (tertiary/aromatic N) is 1. The van der Waals surface area contributed by atoms with E-state index >= 15 is 0 Å². The molecule has 0 fully saturated rings. The zero-order valence-corrected chi connectivity index (χ0v) is 12.2. The van der Waals surface area contributed by atoms with E-state index in [9.17, 15) is 0 Å². The van der Waals surface area contributed by atoms with Crippen molar-refractivity contribution < 1.29 is 9.26 Å². The number of aromatic nitrogens is 1. The van der Waals surface area contributed by atoms with Crippen LogP contribution in [0.25, 0.3) is 0 Å². The Hall–Kier alpha value is -2.17. The van der Waals surface area contributed by atoms with Crippen LogP contribution in [0.3, 0.4) is 0 Å². The average molecular weight is 275 g/mol. The molecule has 2 rings (SSSR count). The Balaban J connectivity index is 2.07. The van der Waals surface area contributed by atoms with Gasteiger partial charge in [0.05, 0.1) is 12.3 Å². The van der Waals surface area contributed by atoms with Crippen molar-refractivity contribution in [3.63, 3.8) is 0 Å². The third-order valence-corrected chi connectivity index (χ3v) is 3.05. The highest BCUT2D eigenvalue weighted by Gasteiger charge is 2.08. The molecule has 1 aromatic heterocycles. The van der Waals surface area contributed by atoms with Crippen molar-refractivity contribution in [2.75, 3.05) is 17.7 Å². The minimum atomic E-state index is 0.651. The van der Waals surface area contributed by atoms with E-state index in [0.29, 0.717) is 18.8 Å². The zero-order valence-electron chi connectivity index (χ0n) is 12.2. The average Bonchev–Trinajstić information content (AvgIpc) is 2.73. The first-order valence-electron chi connectivity index (χ1n) is 6.79. The molecule has 3 N–H and O–H groups in total. The predicted molar refractivity (Wildman–Crippen MR) is 79.9 cm³/mol. The van der Waals surface area contributed by atoms with Crippen LogP contribution in [-0.2, 0) is 6.54 Å². The lowest BCUT2D eigenvalue weighted by atomic mass is 10.2. The van der Waals surface area contributed by atoms with Crippen LogP contribution in [0.4, 0.5) is 11.4 Å². The molecule has 1 aromatic carbocycles. The van der Waals surface area contributed by atoms with Crippen molar-refractivity contribution in [1.29, 1.82) is 0 Å². The summed E-state index contributed by atoms with van der Waals surface area (Å²) >= 11 is 0. The quantitative estimate of drug-likeness (QED) is 0.791. The van der Waals surface area contributed by atoms with Gasteiger partial charge in [-0.15, -0.1) is 0 Å². The van der Waals surface area contributed by atoms with E-state index in [2.05, 4.69) is 17.4 Å².